The maximum absolute atomic E-state index is 12.4. The first-order chi connectivity index (χ1) is 20.7. The van der Waals surface area contributed by atoms with E-state index in [1.165, 1.54) is 96.2 Å². The van der Waals surface area contributed by atoms with Gasteiger partial charge in [0.05, 0.1) is 49.3 Å². The van der Waals surface area contributed by atoms with E-state index in [0.717, 1.165) is 6.42 Å². The molecule has 9 fully saturated rings. The first-order valence-electron chi connectivity index (χ1n) is 18.3. The lowest BCUT2D eigenvalue weighted by Crippen LogP contribution is -2.61. The zero-order valence-electron chi connectivity index (χ0n) is 25.4. The molecule has 42 heavy (non-hydrogen) atoms. The van der Waals surface area contributed by atoms with Crippen molar-refractivity contribution in [1.82, 2.24) is 42.5 Å². The minimum atomic E-state index is 0.150. The molecule has 4 saturated carbocycles. The van der Waals surface area contributed by atoms with Crippen molar-refractivity contribution < 1.29 is 4.79 Å². The topological polar surface area (TPSA) is 113 Å². The summed E-state index contributed by atoms with van der Waals surface area (Å²) < 4.78 is 0. The molecular formula is C33H56N8O. The Labute approximate surface area is 252 Å². The number of fused-ring (bicyclic) bond motifs is 20. The number of nitrogens with one attached hydrogen (secondary N) is 8. The molecule has 4 aliphatic carbocycles. The van der Waals surface area contributed by atoms with E-state index < -0.39 is 0 Å². The van der Waals surface area contributed by atoms with Gasteiger partial charge in [0.2, 0.25) is 0 Å². The van der Waals surface area contributed by atoms with Crippen LogP contribution in [0.25, 0.3) is 0 Å². The van der Waals surface area contributed by atoms with Crippen molar-refractivity contribution in [2.24, 2.45) is 53.3 Å². The first kappa shape index (κ1) is 27.6. The smallest absolute Gasteiger partial charge is 0.123 e. The van der Waals surface area contributed by atoms with Gasteiger partial charge in [-0.1, -0.05) is 44.9 Å². The molecule has 8 bridgehead atoms. The normalized spacial score (nSPS) is 57.1. The Bertz CT molecular complexity index is 997. The van der Waals surface area contributed by atoms with E-state index in [0.29, 0.717) is 84.3 Å². The fourth-order valence-corrected chi connectivity index (χ4v) is 12.3. The van der Waals surface area contributed by atoms with Crippen molar-refractivity contribution in [3.8, 4) is 0 Å². The summed E-state index contributed by atoms with van der Waals surface area (Å²) in [5.74, 6) is 5.09. The summed E-state index contributed by atoms with van der Waals surface area (Å²) in [7, 11) is 0. The summed E-state index contributed by atoms with van der Waals surface area (Å²) in [6.07, 6.45) is 23.3. The number of carbonyl (C=O) groups is 1. The van der Waals surface area contributed by atoms with Crippen LogP contribution < -0.4 is 42.5 Å². The second kappa shape index (κ2) is 11.3. The Morgan fingerprint density at radius 2 is 0.619 bits per heavy atom. The second-order valence-electron chi connectivity index (χ2n) is 16.0. The van der Waals surface area contributed by atoms with E-state index in [1.54, 1.807) is 0 Å². The highest BCUT2D eigenvalue weighted by Crippen LogP contribution is 2.46. The first-order valence-corrected chi connectivity index (χ1v) is 18.3. The maximum atomic E-state index is 12.4. The van der Waals surface area contributed by atoms with Crippen LogP contribution in [0.2, 0.25) is 0 Å². The summed E-state index contributed by atoms with van der Waals surface area (Å²) in [6.45, 7) is 0. The van der Waals surface area contributed by atoms with Crippen molar-refractivity contribution >= 4 is 6.29 Å². The lowest BCUT2D eigenvalue weighted by molar-refractivity contribution is -0.114. The Kier molecular flexibility index (Phi) is 7.44. The van der Waals surface area contributed by atoms with Crippen LogP contribution in [0.1, 0.15) is 96.3 Å². The van der Waals surface area contributed by atoms with Crippen LogP contribution in [0, 0.1) is 53.3 Å². The second-order valence-corrected chi connectivity index (χ2v) is 16.0. The summed E-state index contributed by atoms with van der Waals surface area (Å²) in [6, 6.07) is 0. The molecule has 0 aromatic carbocycles. The molecule has 0 radical (unpaired) electrons. The number of rotatable bonds is 1. The molecule has 5 saturated heterocycles. The average Bonchev–Trinajstić information content (AvgIpc) is 3.76. The van der Waals surface area contributed by atoms with Crippen LogP contribution >= 0.6 is 0 Å². The van der Waals surface area contributed by atoms with Crippen molar-refractivity contribution in [1.29, 1.82) is 0 Å². The quantitative estimate of drug-likeness (QED) is 0.221. The molecule has 17 atom stereocenters. The monoisotopic (exact) mass is 580 g/mol. The van der Waals surface area contributed by atoms with Crippen LogP contribution in [0.3, 0.4) is 0 Å². The Morgan fingerprint density at radius 3 is 0.952 bits per heavy atom. The van der Waals surface area contributed by atoms with Crippen LogP contribution in [0.4, 0.5) is 0 Å². The highest BCUT2D eigenvalue weighted by atomic mass is 16.1. The summed E-state index contributed by atoms with van der Waals surface area (Å²) in [5, 5.41) is 33.3. The number of hydrogen-bond donors (Lipinski definition) is 8. The van der Waals surface area contributed by atoms with Crippen LogP contribution in [-0.2, 0) is 4.79 Å². The van der Waals surface area contributed by atoms with Gasteiger partial charge in [0.25, 0.3) is 0 Å². The van der Waals surface area contributed by atoms with E-state index in [1.807, 2.05) is 0 Å². The fraction of sp³-hybridized carbons (Fsp3) is 0.970. The van der Waals surface area contributed by atoms with Crippen molar-refractivity contribution in [3.63, 3.8) is 0 Å². The zero-order valence-corrected chi connectivity index (χ0v) is 25.4. The minimum Gasteiger partial charge on any atom is -0.303 e. The maximum Gasteiger partial charge on any atom is 0.123 e. The van der Waals surface area contributed by atoms with Gasteiger partial charge >= 0.3 is 0 Å². The van der Waals surface area contributed by atoms with E-state index in [2.05, 4.69) is 42.5 Å². The van der Waals surface area contributed by atoms with Crippen LogP contribution in [0.5, 0.6) is 0 Å². The van der Waals surface area contributed by atoms with Gasteiger partial charge in [-0.25, -0.2) is 0 Å². The van der Waals surface area contributed by atoms with Gasteiger partial charge < -0.3 is 4.79 Å². The molecule has 9 heteroatoms. The zero-order chi connectivity index (χ0) is 27.8. The van der Waals surface area contributed by atoms with Crippen LogP contribution in [-0.4, -0.2) is 55.6 Å². The number of hydrogen-bond acceptors (Lipinski definition) is 9. The fourth-order valence-electron chi connectivity index (χ4n) is 12.3. The average molecular weight is 581 g/mol. The molecule has 8 N–H and O–H groups in total. The van der Waals surface area contributed by atoms with Crippen LogP contribution in [0.15, 0.2) is 0 Å². The molecule has 17 unspecified atom stereocenters. The molecule has 0 aromatic heterocycles. The minimum absolute atomic E-state index is 0.150. The molecule has 0 spiro atoms. The molecule has 9 rings (SSSR count). The molecule has 5 aliphatic heterocycles. The SMILES string of the molecule is O=CC1CCCC2C3NC4NC(NC5NC(NC6NC(NC(N3)C12)C1CCCCC61)C1CCCCC51)C1CCCCC41. The molecule has 234 valence electrons. The third-order valence-electron chi connectivity index (χ3n) is 14.1. The third-order valence-corrected chi connectivity index (χ3v) is 14.1. The van der Waals surface area contributed by atoms with Gasteiger partial charge in [-0.05, 0) is 92.8 Å². The van der Waals surface area contributed by atoms with Crippen molar-refractivity contribution in [2.45, 2.75) is 146 Å². The van der Waals surface area contributed by atoms with Gasteiger partial charge in [0.15, 0.2) is 0 Å². The third kappa shape index (κ3) is 4.58. The van der Waals surface area contributed by atoms with Crippen molar-refractivity contribution in [3.05, 3.63) is 0 Å². The predicted molar refractivity (Wildman–Crippen MR) is 162 cm³/mol. The largest absolute Gasteiger partial charge is 0.303 e. The Balaban J connectivity index is 1.07. The lowest BCUT2D eigenvalue weighted by Gasteiger charge is -2.37. The van der Waals surface area contributed by atoms with Gasteiger partial charge in [0.1, 0.15) is 6.29 Å². The summed E-state index contributed by atoms with van der Waals surface area (Å²) >= 11 is 0. The van der Waals surface area contributed by atoms with E-state index in [4.69, 9.17) is 0 Å². The molecule has 0 aromatic rings. The van der Waals surface area contributed by atoms with Crippen molar-refractivity contribution in [2.75, 3.05) is 0 Å². The molecular weight excluding hydrogens is 524 g/mol. The number of carbonyl (C=O) groups excluding carboxylic acids is 1. The van der Waals surface area contributed by atoms with Gasteiger partial charge in [-0.15, -0.1) is 0 Å². The number of aldehydes is 1. The Morgan fingerprint density at radius 1 is 0.333 bits per heavy atom. The molecule has 0 amide bonds. The molecule has 9 nitrogen and oxygen atoms in total. The van der Waals surface area contributed by atoms with E-state index >= 15 is 0 Å². The van der Waals surface area contributed by atoms with Gasteiger partial charge in [0, 0.05) is 11.8 Å². The summed E-state index contributed by atoms with van der Waals surface area (Å²) in [4.78, 5) is 12.4. The Hall–Kier alpha value is -0.650. The highest BCUT2D eigenvalue weighted by Gasteiger charge is 2.55. The van der Waals surface area contributed by atoms with E-state index in [9.17, 15) is 4.79 Å². The van der Waals surface area contributed by atoms with Gasteiger partial charge in [-0.2, -0.15) is 0 Å². The molecule has 9 aliphatic rings. The van der Waals surface area contributed by atoms with Gasteiger partial charge in [-0.3, -0.25) is 42.5 Å². The highest BCUT2D eigenvalue weighted by molar-refractivity contribution is 5.55. The standard InChI is InChI=1S/C33H56N8O/c42-16-17-8-7-15-24-25(17)33-40-31-23-14-6-5-13-22(23)29(38-31)36-27-19-10-2-1-9-18(19)26(34-27)35-28-20-11-3-4-12-21(20)30(37-28)39-32(24)41-33/h16-41H,1-15H2. The molecule has 5 heterocycles. The predicted octanol–water partition coefficient (Wildman–Crippen LogP) is 2.03. The summed E-state index contributed by atoms with van der Waals surface area (Å²) in [5.41, 5.74) is 0. The lowest BCUT2D eigenvalue weighted by atomic mass is 9.72. The van der Waals surface area contributed by atoms with E-state index in [-0.39, 0.29) is 18.2 Å².